The summed E-state index contributed by atoms with van der Waals surface area (Å²) in [5.74, 6) is 0.940. The highest BCUT2D eigenvalue weighted by Crippen LogP contribution is 2.21. The predicted molar refractivity (Wildman–Crippen MR) is 53.1 cm³/mol. The molecule has 13 heavy (non-hydrogen) atoms. The van der Waals surface area contributed by atoms with Crippen LogP contribution in [-0.4, -0.2) is 25.3 Å². The van der Waals surface area contributed by atoms with Gasteiger partial charge in [0.25, 0.3) is 10.1 Å². The van der Waals surface area contributed by atoms with Crippen LogP contribution in [-0.2, 0) is 10.1 Å². The van der Waals surface area contributed by atoms with E-state index in [0.29, 0.717) is 12.3 Å². The van der Waals surface area contributed by atoms with Crippen LogP contribution in [0, 0.1) is 5.92 Å². The lowest BCUT2D eigenvalue weighted by Crippen LogP contribution is -2.25. The van der Waals surface area contributed by atoms with Crippen molar-refractivity contribution >= 4 is 10.1 Å². The first-order chi connectivity index (χ1) is 5.79. The Kier molecular flexibility index (Phi) is 5.51. The zero-order valence-electron chi connectivity index (χ0n) is 8.23. The predicted octanol–water partition coefficient (Wildman–Crippen LogP) is 1.03. The van der Waals surface area contributed by atoms with Gasteiger partial charge in [0.2, 0.25) is 0 Å². The normalized spacial score (nSPS) is 28.9. The van der Waals surface area contributed by atoms with Crippen molar-refractivity contribution in [2.24, 2.45) is 11.7 Å². The molecule has 0 unspecified atom stereocenters. The molecule has 0 bridgehead atoms. The van der Waals surface area contributed by atoms with Crippen LogP contribution in [0.1, 0.15) is 32.6 Å². The van der Waals surface area contributed by atoms with Crippen LogP contribution >= 0.6 is 0 Å². The average molecular weight is 209 g/mol. The maximum atomic E-state index is 9.19. The van der Waals surface area contributed by atoms with Gasteiger partial charge in [-0.15, -0.1) is 0 Å². The molecular formula is C8H19NO3S. The van der Waals surface area contributed by atoms with Crippen LogP contribution in [0.3, 0.4) is 0 Å². The fourth-order valence-corrected chi connectivity index (χ4v) is 1.29. The molecule has 1 saturated carbocycles. The van der Waals surface area contributed by atoms with Crippen molar-refractivity contribution in [3.8, 4) is 0 Å². The van der Waals surface area contributed by atoms with Gasteiger partial charge in [-0.25, -0.2) is 0 Å². The summed E-state index contributed by atoms with van der Waals surface area (Å²) in [6, 6.07) is 0.520. The summed E-state index contributed by atoms with van der Waals surface area (Å²) in [5.41, 5.74) is 5.70. The van der Waals surface area contributed by atoms with Crippen molar-refractivity contribution in [1.29, 1.82) is 0 Å². The second-order valence-electron chi connectivity index (χ2n) is 3.75. The lowest BCUT2D eigenvalue weighted by atomic mass is 9.88. The van der Waals surface area contributed by atoms with E-state index in [9.17, 15) is 8.42 Å². The monoisotopic (exact) mass is 209 g/mol. The van der Waals surface area contributed by atoms with Gasteiger partial charge in [0.1, 0.15) is 0 Å². The van der Waals surface area contributed by atoms with Gasteiger partial charge in [-0.3, -0.25) is 4.55 Å². The lowest BCUT2D eigenvalue weighted by molar-refractivity contribution is 0.348. The third kappa shape index (κ3) is 11.9. The maximum Gasteiger partial charge on any atom is 0.261 e. The molecule has 3 N–H and O–H groups in total. The van der Waals surface area contributed by atoms with Crippen molar-refractivity contribution in [1.82, 2.24) is 0 Å². The minimum Gasteiger partial charge on any atom is -0.328 e. The maximum absolute atomic E-state index is 9.19. The Morgan fingerprint density at radius 1 is 1.23 bits per heavy atom. The lowest BCUT2D eigenvalue weighted by Gasteiger charge is -2.22. The Morgan fingerprint density at radius 2 is 1.54 bits per heavy atom. The summed E-state index contributed by atoms with van der Waals surface area (Å²) >= 11 is 0. The van der Waals surface area contributed by atoms with Crippen molar-refractivity contribution < 1.29 is 13.0 Å². The molecule has 4 nitrogen and oxygen atoms in total. The second-order valence-corrected chi connectivity index (χ2v) is 5.22. The van der Waals surface area contributed by atoms with Crippen molar-refractivity contribution in [3.63, 3.8) is 0 Å². The van der Waals surface area contributed by atoms with Crippen LogP contribution in [0.5, 0.6) is 0 Å². The minimum absolute atomic E-state index is 0.520. The third-order valence-electron chi connectivity index (χ3n) is 2.06. The molecule has 0 aromatic heterocycles. The number of rotatable bonds is 0. The SMILES string of the molecule is CC1CCC(N)CC1.CS(=O)(=O)O. The fraction of sp³-hybridized carbons (Fsp3) is 1.00. The Morgan fingerprint density at radius 3 is 1.77 bits per heavy atom. The van der Waals surface area contributed by atoms with Gasteiger partial charge in [0.05, 0.1) is 6.26 Å². The van der Waals surface area contributed by atoms with Gasteiger partial charge in [-0.05, 0) is 31.6 Å². The van der Waals surface area contributed by atoms with E-state index < -0.39 is 10.1 Å². The molecule has 0 heterocycles. The molecule has 0 atom stereocenters. The van der Waals surface area contributed by atoms with E-state index in [0.717, 1.165) is 5.92 Å². The van der Waals surface area contributed by atoms with E-state index in [2.05, 4.69) is 6.92 Å². The first kappa shape index (κ1) is 12.9. The molecule has 1 aliphatic carbocycles. The van der Waals surface area contributed by atoms with Crippen LogP contribution in [0.15, 0.2) is 0 Å². The van der Waals surface area contributed by atoms with Gasteiger partial charge in [0.15, 0.2) is 0 Å². The second kappa shape index (κ2) is 5.57. The van der Waals surface area contributed by atoms with Gasteiger partial charge in [-0.1, -0.05) is 6.92 Å². The van der Waals surface area contributed by atoms with E-state index in [4.69, 9.17) is 10.3 Å². The summed E-state index contributed by atoms with van der Waals surface area (Å²) in [6.45, 7) is 2.31. The first-order valence-corrected chi connectivity index (χ1v) is 6.32. The smallest absolute Gasteiger partial charge is 0.261 e. The van der Waals surface area contributed by atoms with Crippen LogP contribution in [0.25, 0.3) is 0 Å². The standard InChI is InChI=1S/C7H15N.CH4O3S/c1-6-2-4-7(8)5-3-6;1-5(2,3)4/h6-7H,2-5,8H2,1H3;1H3,(H,2,3,4). The summed E-state index contributed by atoms with van der Waals surface area (Å²) in [6.07, 6.45) is 5.91. The summed E-state index contributed by atoms with van der Waals surface area (Å²) < 4.78 is 25.9. The van der Waals surface area contributed by atoms with E-state index in [1.807, 2.05) is 0 Å². The van der Waals surface area contributed by atoms with E-state index in [1.165, 1.54) is 25.7 Å². The molecule has 0 amide bonds. The van der Waals surface area contributed by atoms with Crippen molar-refractivity contribution in [2.75, 3.05) is 6.26 Å². The van der Waals surface area contributed by atoms with Gasteiger partial charge >= 0.3 is 0 Å². The first-order valence-electron chi connectivity index (χ1n) is 4.47. The summed E-state index contributed by atoms with van der Waals surface area (Å²) in [7, 11) is -3.67. The molecule has 0 radical (unpaired) electrons. The molecule has 80 valence electrons. The molecule has 1 rings (SSSR count). The molecule has 0 aromatic carbocycles. The van der Waals surface area contributed by atoms with Crippen LogP contribution in [0.2, 0.25) is 0 Å². The van der Waals surface area contributed by atoms with E-state index >= 15 is 0 Å². The molecule has 1 fully saturated rings. The van der Waals surface area contributed by atoms with Crippen LogP contribution < -0.4 is 5.73 Å². The molecular weight excluding hydrogens is 190 g/mol. The topological polar surface area (TPSA) is 80.4 Å². The average Bonchev–Trinajstić information content (AvgIpc) is 1.92. The molecule has 5 heteroatoms. The van der Waals surface area contributed by atoms with E-state index in [-0.39, 0.29) is 0 Å². The third-order valence-corrected chi connectivity index (χ3v) is 2.06. The highest BCUT2D eigenvalue weighted by molar-refractivity contribution is 7.85. The Balaban J connectivity index is 0.000000252. The van der Waals surface area contributed by atoms with Gasteiger partial charge in [0, 0.05) is 6.04 Å². The quantitative estimate of drug-likeness (QED) is 0.584. The summed E-state index contributed by atoms with van der Waals surface area (Å²) in [5, 5.41) is 0. The van der Waals surface area contributed by atoms with Gasteiger partial charge < -0.3 is 5.73 Å². The Hall–Kier alpha value is -0.130. The zero-order valence-corrected chi connectivity index (χ0v) is 9.05. The van der Waals surface area contributed by atoms with E-state index in [1.54, 1.807) is 0 Å². The minimum atomic E-state index is -3.67. The molecule has 1 aliphatic rings. The number of nitrogens with two attached hydrogens (primary N) is 1. The number of hydrogen-bond acceptors (Lipinski definition) is 3. The molecule has 0 aliphatic heterocycles. The highest BCUT2D eigenvalue weighted by atomic mass is 32.2. The van der Waals surface area contributed by atoms with Crippen molar-refractivity contribution in [3.05, 3.63) is 0 Å². The zero-order chi connectivity index (χ0) is 10.5. The van der Waals surface area contributed by atoms with Crippen molar-refractivity contribution in [2.45, 2.75) is 38.6 Å². The largest absolute Gasteiger partial charge is 0.328 e. The fourth-order valence-electron chi connectivity index (χ4n) is 1.29. The van der Waals surface area contributed by atoms with Crippen LogP contribution in [0.4, 0.5) is 0 Å². The Labute approximate surface area is 80.3 Å². The summed E-state index contributed by atoms with van der Waals surface area (Å²) in [4.78, 5) is 0. The number of hydrogen-bond donors (Lipinski definition) is 2. The molecule has 0 aromatic rings. The molecule has 0 saturated heterocycles. The highest BCUT2D eigenvalue weighted by Gasteiger charge is 2.13. The van der Waals surface area contributed by atoms with Gasteiger partial charge in [-0.2, -0.15) is 8.42 Å². The molecule has 0 spiro atoms. The Bertz CT molecular complexity index is 200.